The molecule has 0 unspecified atom stereocenters. The van der Waals surface area contributed by atoms with Gasteiger partial charge in [-0.25, -0.2) is 4.98 Å². The first-order valence-corrected chi connectivity index (χ1v) is 33.3. The smallest absolute Gasteiger partial charge is 0.400 e. The fourth-order valence-electron chi connectivity index (χ4n) is 10.3. The van der Waals surface area contributed by atoms with E-state index in [2.05, 4.69) is 212 Å². The van der Waals surface area contributed by atoms with Crippen LogP contribution < -0.4 is 0 Å². The minimum atomic E-state index is -5.84. The summed E-state index contributed by atoms with van der Waals surface area (Å²) in [6, 6.07) is 127. The van der Waals surface area contributed by atoms with Crippen LogP contribution in [0.3, 0.4) is 0 Å². The van der Waals surface area contributed by atoms with Crippen LogP contribution in [0.4, 0.5) is 13.2 Å². The third-order valence-corrected chi connectivity index (χ3v) is 15.4. The molecule has 5 heterocycles. The number of hydrogen-bond donors (Lipinski definition) is 3. The summed E-state index contributed by atoms with van der Waals surface area (Å²) in [6.45, 7) is 0. The number of imidazole rings is 2. The Balaban J connectivity index is 0.000000182. The van der Waals surface area contributed by atoms with Crippen molar-refractivity contribution in [3.8, 4) is 90.2 Å². The van der Waals surface area contributed by atoms with Crippen molar-refractivity contribution < 1.29 is 76.6 Å². The minimum absolute atomic E-state index is 0. The van der Waals surface area contributed by atoms with Crippen LogP contribution in [0, 0.1) is 24.3 Å². The van der Waals surface area contributed by atoms with Gasteiger partial charge in [0, 0.05) is 101 Å². The van der Waals surface area contributed by atoms with Crippen LogP contribution in [0.5, 0.6) is 0 Å². The van der Waals surface area contributed by atoms with E-state index in [4.69, 9.17) is 33.2 Å². The molecule has 0 aliphatic heterocycles. The predicted molar refractivity (Wildman–Crippen MR) is 402 cm³/mol. The van der Waals surface area contributed by atoms with Gasteiger partial charge in [-0.1, -0.05) is 188 Å². The molecule has 0 spiro atoms. The fourth-order valence-corrected chi connectivity index (χ4v) is 10.3. The SMILES string of the molecule is CO.CO.O=S(=O)(O)C(F)(F)F.[Ir].[Ir].[c-]1ccccc1-c1ccccn1.[c-]1ccccc1-c1ccccn1.[c-]1ccccc1-c1ccccn1.[c-]1ccccc1-c1nc2cccc(-c3ccccc3)c2n1-c1ccccc1.c1ccc(-c2cccc3nc(-c4ccccc4)n(-c4ccccc4)c23)cc1. The van der Waals surface area contributed by atoms with Gasteiger partial charge < -0.3 is 29.7 Å². The van der Waals surface area contributed by atoms with Gasteiger partial charge in [0.2, 0.25) is 0 Å². The van der Waals surface area contributed by atoms with Crippen molar-refractivity contribution in [2.75, 3.05) is 14.2 Å². The van der Waals surface area contributed by atoms with Gasteiger partial charge in [-0.15, -0.1) is 144 Å². The summed E-state index contributed by atoms with van der Waals surface area (Å²) in [6.07, 6.45) is 5.36. The summed E-state index contributed by atoms with van der Waals surface area (Å²) >= 11 is 0. The number of pyridine rings is 3. The minimum Gasteiger partial charge on any atom is -0.400 e. The molecular formula is C86H68F3Ir2N7O5S-4. The number of para-hydroxylation sites is 4. The second kappa shape index (κ2) is 41.6. The summed E-state index contributed by atoms with van der Waals surface area (Å²) in [5.41, 5.74) is 13.8. The second-order valence-corrected chi connectivity index (χ2v) is 22.7. The maximum absolute atomic E-state index is 10.7. The Kier molecular flexibility index (Phi) is 32.0. The molecular weight excluding hydrogens is 1680 g/mol. The average Bonchev–Trinajstić information content (AvgIpc) is 1.60. The van der Waals surface area contributed by atoms with Crippen LogP contribution >= 0.6 is 0 Å². The standard InChI is InChI=1S/C25H18N2.C25H17N2.3C11H8N.CHF3O3S.2CH4O.2Ir/c2*1-4-11-19(12-5-1)22-17-10-18-23-24(22)27(21-15-8-3-9-16-21)25(26-23)20-13-6-2-7-14-20;3*1-2-6-10(7-3-1)11-8-4-5-9-12-11;2-1(3,4)8(5,6)7;2*1-2;;/h1-18H;1-13,15-18H;3*1-6,8-9H;(H,5,6,7);2*2H,1H3;;/q;4*-1;;;;;. The molecule has 0 aliphatic rings. The molecule has 526 valence electrons. The molecule has 0 saturated carbocycles. The molecule has 0 bridgehead atoms. The number of aliphatic hydroxyl groups is 2. The van der Waals surface area contributed by atoms with Crippen molar-refractivity contribution in [1.29, 1.82) is 0 Å². The van der Waals surface area contributed by atoms with Gasteiger partial charge in [-0.05, 0) is 82.8 Å². The molecule has 104 heavy (non-hydrogen) atoms. The fraction of sp³-hybridized carbons (Fsp3) is 0.0349. The van der Waals surface area contributed by atoms with E-state index in [0.29, 0.717) is 0 Å². The molecule has 18 heteroatoms. The summed E-state index contributed by atoms with van der Waals surface area (Å²) < 4.78 is 62.1. The largest absolute Gasteiger partial charge is 0.522 e. The Morgan fingerprint density at radius 2 is 0.606 bits per heavy atom. The molecule has 0 saturated heterocycles. The number of benzene rings is 11. The van der Waals surface area contributed by atoms with Gasteiger partial charge in [0.1, 0.15) is 5.82 Å². The Morgan fingerprint density at radius 3 is 0.904 bits per heavy atom. The normalized spacial score (nSPS) is 10.2. The molecule has 0 amide bonds. The first-order valence-electron chi connectivity index (χ1n) is 31.8. The number of fused-ring (bicyclic) bond motifs is 2. The molecule has 16 aromatic rings. The maximum atomic E-state index is 10.7. The quantitative estimate of drug-likeness (QED) is 0.0718. The molecule has 0 aliphatic carbocycles. The summed E-state index contributed by atoms with van der Waals surface area (Å²) in [7, 11) is -3.84. The third-order valence-electron chi connectivity index (χ3n) is 14.8. The Hall–Kier alpha value is -11.3. The molecule has 0 atom stereocenters. The van der Waals surface area contributed by atoms with Gasteiger partial charge in [-0.3, -0.25) is 14.1 Å². The topological polar surface area (TPSA) is 169 Å². The Morgan fingerprint density at radius 1 is 0.327 bits per heavy atom. The predicted octanol–water partition coefficient (Wildman–Crippen LogP) is 19.8. The van der Waals surface area contributed by atoms with Crippen molar-refractivity contribution >= 4 is 32.2 Å². The summed E-state index contributed by atoms with van der Waals surface area (Å²) in [5.74, 6) is 1.86. The zero-order chi connectivity index (χ0) is 71.8. The van der Waals surface area contributed by atoms with Crippen LogP contribution in [0.15, 0.2) is 358 Å². The van der Waals surface area contributed by atoms with Gasteiger partial charge in [0.25, 0.3) is 0 Å². The van der Waals surface area contributed by atoms with E-state index in [9.17, 15) is 13.2 Å². The average molecular weight is 1750 g/mol. The van der Waals surface area contributed by atoms with Crippen molar-refractivity contribution in [3.05, 3.63) is 383 Å². The second-order valence-electron chi connectivity index (χ2n) is 21.3. The van der Waals surface area contributed by atoms with Gasteiger partial charge in [-0.2, -0.15) is 21.6 Å². The number of halogens is 3. The summed E-state index contributed by atoms with van der Waals surface area (Å²) in [4.78, 5) is 22.6. The van der Waals surface area contributed by atoms with E-state index < -0.39 is 15.6 Å². The van der Waals surface area contributed by atoms with E-state index in [0.717, 1.165) is 104 Å². The van der Waals surface area contributed by atoms with Crippen molar-refractivity contribution in [3.63, 3.8) is 0 Å². The maximum Gasteiger partial charge on any atom is 0.522 e. The van der Waals surface area contributed by atoms with Crippen LogP contribution in [-0.4, -0.2) is 77.0 Å². The van der Waals surface area contributed by atoms with Gasteiger partial charge in [0.15, 0.2) is 0 Å². The molecule has 11 aromatic carbocycles. The van der Waals surface area contributed by atoms with Gasteiger partial charge >= 0.3 is 15.6 Å². The summed E-state index contributed by atoms with van der Waals surface area (Å²) in [5, 5.41) is 14.0. The molecule has 3 N–H and O–H groups in total. The van der Waals surface area contributed by atoms with E-state index in [1.807, 2.05) is 176 Å². The Bertz CT molecular complexity index is 4690. The van der Waals surface area contributed by atoms with Gasteiger partial charge in [0.05, 0.1) is 27.9 Å². The Labute approximate surface area is 630 Å². The number of aliphatic hydroxyl groups excluding tert-OH is 2. The van der Waals surface area contributed by atoms with Crippen molar-refractivity contribution in [2.24, 2.45) is 0 Å². The third kappa shape index (κ3) is 22.1. The van der Waals surface area contributed by atoms with Crippen LogP contribution in [0.1, 0.15) is 0 Å². The van der Waals surface area contributed by atoms with E-state index >= 15 is 0 Å². The van der Waals surface area contributed by atoms with Crippen LogP contribution in [0.25, 0.3) is 112 Å². The molecule has 0 fully saturated rings. The molecule has 5 aromatic heterocycles. The molecule has 12 nitrogen and oxygen atoms in total. The van der Waals surface area contributed by atoms with Crippen LogP contribution in [0.2, 0.25) is 0 Å². The first kappa shape index (κ1) is 80.0. The zero-order valence-corrected chi connectivity index (χ0v) is 61.7. The first-order chi connectivity index (χ1) is 50.0. The number of aromatic nitrogens is 7. The van der Waals surface area contributed by atoms with Crippen molar-refractivity contribution in [1.82, 2.24) is 34.1 Å². The van der Waals surface area contributed by atoms with E-state index in [-0.39, 0.29) is 40.2 Å². The number of hydrogen-bond acceptors (Lipinski definition) is 9. The zero-order valence-electron chi connectivity index (χ0n) is 56.1. The number of rotatable bonds is 9. The van der Waals surface area contributed by atoms with Crippen LogP contribution in [-0.2, 0) is 50.3 Å². The monoisotopic (exact) mass is 1750 g/mol. The number of nitrogens with zero attached hydrogens (tertiary/aromatic N) is 7. The van der Waals surface area contributed by atoms with Crippen molar-refractivity contribution in [2.45, 2.75) is 5.51 Å². The molecule has 2 radical (unpaired) electrons. The number of alkyl halides is 3. The van der Waals surface area contributed by atoms with E-state index in [1.54, 1.807) is 18.6 Å². The molecule has 16 rings (SSSR count). The van der Waals surface area contributed by atoms with E-state index in [1.165, 1.54) is 22.3 Å².